The summed E-state index contributed by atoms with van der Waals surface area (Å²) >= 11 is 0. The number of nitrogens with zero attached hydrogens (tertiary/aromatic N) is 3. The molecule has 0 N–H and O–H groups in total. The summed E-state index contributed by atoms with van der Waals surface area (Å²) in [5, 5.41) is 0. The number of aromatic nitrogens is 2. The van der Waals surface area contributed by atoms with Gasteiger partial charge in [0.1, 0.15) is 11.3 Å². The summed E-state index contributed by atoms with van der Waals surface area (Å²) in [6, 6.07) is 15.5. The van der Waals surface area contributed by atoms with Crippen LogP contribution < -0.4 is 4.90 Å². The van der Waals surface area contributed by atoms with E-state index in [0.717, 1.165) is 24.4 Å². The molecule has 5 nitrogen and oxygen atoms in total. The first-order valence-corrected chi connectivity index (χ1v) is 8.19. The summed E-state index contributed by atoms with van der Waals surface area (Å²) in [4.78, 5) is 19.4. The van der Waals surface area contributed by atoms with Crippen molar-refractivity contribution in [3.63, 3.8) is 0 Å². The molecule has 3 heterocycles. The second-order valence-corrected chi connectivity index (χ2v) is 6.07. The Morgan fingerprint density at radius 3 is 2.79 bits per heavy atom. The third-order valence-electron chi connectivity index (χ3n) is 4.36. The first-order valence-electron chi connectivity index (χ1n) is 8.19. The van der Waals surface area contributed by atoms with Crippen molar-refractivity contribution >= 4 is 17.2 Å². The topological polar surface area (TPSA) is 46.8 Å². The van der Waals surface area contributed by atoms with Crippen molar-refractivity contribution < 1.29 is 9.53 Å². The Morgan fingerprint density at radius 2 is 2.04 bits per heavy atom. The van der Waals surface area contributed by atoms with Crippen LogP contribution in [0.4, 0.5) is 5.69 Å². The highest BCUT2D eigenvalue weighted by atomic mass is 16.5. The third-order valence-corrected chi connectivity index (χ3v) is 4.36. The van der Waals surface area contributed by atoms with E-state index >= 15 is 0 Å². The van der Waals surface area contributed by atoms with Gasteiger partial charge in [-0.15, -0.1) is 0 Å². The number of imidazole rings is 1. The van der Waals surface area contributed by atoms with Crippen molar-refractivity contribution in [2.24, 2.45) is 5.92 Å². The van der Waals surface area contributed by atoms with E-state index < -0.39 is 0 Å². The van der Waals surface area contributed by atoms with Crippen molar-refractivity contribution in [1.82, 2.24) is 9.38 Å². The zero-order chi connectivity index (χ0) is 16.4. The van der Waals surface area contributed by atoms with Crippen LogP contribution in [0.15, 0.2) is 60.9 Å². The minimum atomic E-state index is -0.0724. The zero-order valence-corrected chi connectivity index (χ0v) is 13.3. The monoisotopic (exact) mass is 321 g/mol. The second-order valence-electron chi connectivity index (χ2n) is 6.07. The normalized spacial score (nSPS) is 17.2. The molecular weight excluding hydrogens is 302 g/mol. The van der Waals surface area contributed by atoms with E-state index in [1.54, 1.807) is 6.20 Å². The molecule has 1 amide bonds. The molecule has 5 heteroatoms. The van der Waals surface area contributed by atoms with Gasteiger partial charge in [-0.3, -0.25) is 4.79 Å². The third kappa shape index (κ3) is 2.90. The van der Waals surface area contributed by atoms with Crippen LogP contribution in [0.2, 0.25) is 0 Å². The number of hydrogen-bond donors (Lipinski definition) is 0. The number of anilines is 1. The van der Waals surface area contributed by atoms with Crippen LogP contribution in [-0.4, -0.2) is 35.1 Å². The standard InChI is InChI=1S/C19H19N3O2/c23-19(17-13-21-10-5-4-8-18(21)20-17)22(12-15-9-11-24-14-15)16-6-2-1-3-7-16/h1-8,10,13,15H,9,11-12,14H2/t15-/m1/s1. The fourth-order valence-electron chi connectivity index (χ4n) is 3.08. The van der Waals surface area contributed by atoms with Gasteiger partial charge >= 0.3 is 0 Å². The predicted octanol–water partition coefficient (Wildman–Crippen LogP) is 3.02. The highest BCUT2D eigenvalue weighted by molar-refractivity contribution is 6.05. The highest BCUT2D eigenvalue weighted by Crippen LogP contribution is 2.22. The van der Waals surface area contributed by atoms with Crippen LogP contribution in [0.1, 0.15) is 16.9 Å². The van der Waals surface area contributed by atoms with Gasteiger partial charge in [0.25, 0.3) is 5.91 Å². The van der Waals surface area contributed by atoms with Gasteiger partial charge < -0.3 is 14.0 Å². The molecule has 4 rings (SSSR count). The van der Waals surface area contributed by atoms with Gasteiger partial charge in [-0.25, -0.2) is 4.98 Å². The maximum absolute atomic E-state index is 13.1. The predicted molar refractivity (Wildman–Crippen MR) is 92.2 cm³/mol. The van der Waals surface area contributed by atoms with Crippen molar-refractivity contribution in [2.75, 3.05) is 24.7 Å². The second kappa shape index (κ2) is 6.45. The van der Waals surface area contributed by atoms with Gasteiger partial charge in [-0.2, -0.15) is 0 Å². The lowest BCUT2D eigenvalue weighted by Crippen LogP contribution is -2.36. The molecule has 1 atom stereocenters. The molecule has 0 spiro atoms. The molecule has 3 aromatic rings. The van der Waals surface area contributed by atoms with E-state index in [0.29, 0.717) is 24.8 Å². The molecule has 2 aromatic heterocycles. The molecule has 0 saturated carbocycles. The summed E-state index contributed by atoms with van der Waals surface area (Å²) in [6.07, 6.45) is 4.68. The molecule has 0 unspecified atom stereocenters. The van der Waals surface area contributed by atoms with E-state index in [1.165, 1.54) is 0 Å². The van der Waals surface area contributed by atoms with Crippen molar-refractivity contribution in [3.05, 3.63) is 66.6 Å². The van der Waals surface area contributed by atoms with E-state index in [4.69, 9.17) is 4.74 Å². The van der Waals surface area contributed by atoms with E-state index in [9.17, 15) is 4.79 Å². The van der Waals surface area contributed by atoms with Crippen LogP contribution >= 0.6 is 0 Å². The number of hydrogen-bond acceptors (Lipinski definition) is 3. The summed E-state index contributed by atoms with van der Waals surface area (Å²) in [5.74, 6) is 0.294. The zero-order valence-electron chi connectivity index (χ0n) is 13.3. The lowest BCUT2D eigenvalue weighted by Gasteiger charge is -2.24. The molecule has 0 aliphatic carbocycles. The largest absolute Gasteiger partial charge is 0.381 e. The Labute approximate surface area is 140 Å². The lowest BCUT2D eigenvalue weighted by atomic mass is 10.1. The van der Waals surface area contributed by atoms with Gasteiger partial charge in [0.15, 0.2) is 0 Å². The van der Waals surface area contributed by atoms with Gasteiger partial charge in [0, 0.05) is 37.2 Å². The quantitative estimate of drug-likeness (QED) is 0.742. The van der Waals surface area contributed by atoms with Gasteiger partial charge in [-0.1, -0.05) is 24.3 Å². The van der Waals surface area contributed by atoms with Gasteiger partial charge in [-0.05, 0) is 30.7 Å². The van der Waals surface area contributed by atoms with Crippen molar-refractivity contribution in [1.29, 1.82) is 0 Å². The molecule has 1 aromatic carbocycles. The fourth-order valence-corrected chi connectivity index (χ4v) is 3.08. The number of carbonyl (C=O) groups is 1. The average molecular weight is 321 g/mol. The molecule has 122 valence electrons. The number of carbonyl (C=O) groups excluding carboxylic acids is 1. The summed E-state index contributed by atoms with van der Waals surface area (Å²) in [6.45, 7) is 2.13. The first kappa shape index (κ1) is 14.9. The minimum Gasteiger partial charge on any atom is -0.381 e. The Kier molecular flexibility index (Phi) is 4.01. The Morgan fingerprint density at radius 1 is 1.21 bits per heavy atom. The van der Waals surface area contributed by atoms with E-state index in [-0.39, 0.29) is 5.91 Å². The van der Waals surface area contributed by atoms with Crippen LogP contribution in [0, 0.1) is 5.92 Å². The number of fused-ring (bicyclic) bond motifs is 1. The molecular formula is C19H19N3O2. The maximum Gasteiger partial charge on any atom is 0.278 e. The molecule has 24 heavy (non-hydrogen) atoms. The maximum atomic E-state index is 13.1. The average Bonchev–Trinajstić information content (AvgIpc) is 3.29. The SMILES string of the molecule is O=C(c1cn2ccccc2n1)N(C[C@H]1CCOC1)c1ccccc1. The molecule has 1 aliphatic rings. The van der Waals surface area contributed by atoms with Crippen LogP contribution in [0.5, 0.6) is 0 Å². The summed E-state index contributed by atoms with van der Waals surface area (Å²) < 4.78 is 7.34. The Hall–Kier alpha value is -2.66. The van der Waals surface area contributed by atoms with Crippen LogP contribution in [-0.2, 0) is 4.74 Å². The first-order chi connectivity index (χ1) is 11.8. The Balaban J connectivity index is 1.67. The number of ether oxygens (including phenoxy) is 1. The molecule has 0 bridgehead atoms. The minimum absolute atomic E-state index is 0.0724. The highest BCUT2D eigenvalue weighted by Gasteiger charge is 2.26. The van der Waals surface area contributed by atoms with Gasteiger partial charge in [0.05, 0.1) is 6.61 Å². The number of pyridine rings is 1. The van der Waals surface area contributed by atoms with Crippen LogP contribution in [0.25, 0.3) is 5.65 Å². The van der Waals surface area contributed by atoms with Crippen molar-refractivity contribution in [3.8, 4) is 0 Å². The molecule has 1 saturated heterocycles. The number of para-hydroxylation sites is 1. The number of amides is 1. The Bertz CT molecular complexity index is 805. The number of rotatable bonds is 4. The van der Waals surface area contributed by atoms with Crippen molar-refractivity contribution in [2.45, 2.75) is 6.42 Å². The lowest BCUT2D eigenvalue weighted by molar-refractivity contribution is 0.0977. The fraction of sp³-hybridized carbons (Fsp3) is 0.263. The summed E-state index contributed by atoms with van der Waals surface area (Å²) in [7, 11) is 0. The van der Waals surface area contributed by atoms with Crippen LogP contribution in [0.3, 0.4) is 0 Å². The molecule has 1 fully saturated rings. The van der Waals surface area contributed by atoms with E-state index in [1.807, 2.05) is 64.0 Å². The molecule has 0 radical (unpaired) electrons. The molecule has 1 aliphatic heterocycles. The van der Waals surface area contributed by atoms with E-state index in [2.05, 4.69) is 4.98 Å². The van der Waals surface area contributed by atoms with Gasteiger partial charge in [0.2, 0.25) is 0 Å². The number of benzene rings is 1. The summed E-state index contributed by atoms with van der Waals surface area (Å²) in [5.41, 5.74) is 2.13. The smallest absolute Gasteiger partial charge is 0.278 e.